The minimum Gasteiger partial charge on any atom is -0.315 e. The first-order valence-electron chi connectivity index (χ1n) is 13.7. The molecule has 1 unspecified atom stereocenters. The Balaban J connectivity index is 1.46. The lowest BCUT2D eigenvalue weighted by Gasteiger charge is -2.23. The molecule has 0 amide bonds. The van der Waals surface area contributed by atoms with E-state index in [2.05, 4.69) is 66.4 Å². The van der Waals surface area contributed by atoms with Crippen molar-refractivity contribution >= 4 is 0 Å². The van der Waals surface area contributed by atoms with Crippen LogP contribution in [0.15, 0.2) is 24.3 Å². The third kappa shape index (κ3) is 12.6. The molecule has 0 spiro atoms. The molecule has 8 heteroatoms. The van der Waals surface area contributed by atoms with E-state index in [1.165, 1.54) is 24.0 Å². The van der Waals surface area contributed by atoms with Gasteiger partial charge in [-0.3, -0.25) is 4.90 Å². The molecule has 0 aromatic heterocycles. The summed E-state index contributed by atoms with van der Waals surface area (Å²) in [6.45, 7) is 16.9. The van der Waals surface area contributed by atoms with Gasteiger partial charge in [0.25, 0.3) is 0 Å². The van der Waals surface area contributed by atoms with Gasteiger partial charge in [-0.1, -0.05) is 24.3 Å². The highest BCUT2D eigenvalue weighted by atomic mass is 15.2. The van der Waals surface area contributed by atoms with Crippen LogP contribution in [0, 0.1) is 0 Å². The molecule has 8 nitrogen and oxygen atoms in total. The fourth-order valence-electron chi connectivity index (χ4n) is 4.58. The van der Waals surface area contributed by atoms with Crippen LogP contribution in [-0.2, 0) is 13.0 Å². The van der Waals surface area contributed by atoms with Crippen LogP contribution in [0.5, 0.6) is 0 Å². The van der Waals surface area contributed by atoms with Gasteiger partial charge in [0.2, 0.25) is 0 Å². The molecule has 34 heavy (non-hydrogen) atoms. The van der Waals surface area contributed by atoms with Crippen molar-refractivity contribution < 1.29 is 0 Å². The van der Waals surface area contributed by atoms with E-state index in [9.17, 15) is 0 Å². The van der Waals surface area contributed by atoms with E-state index in [0.29, 0.717) is 6.04 Å². The van der Waals surface area contributed by atoms with Crippen LogP contribution in [0.2, 0.25) is 0 Å². The highest BCUT2D eigenvalue weighted by Gasteiger charge is 2.11. The van der Waals surface area contributed by atoms with Gasteiger partial charge < -0.3 is 37.2 Å². The zero-order valence-corrected chi connectivity index (χ0v) is 21.3. The predicted molar refractivity (Wildman–Crippen MR) is 144 cm³/mol. The molecule has 2 aliphatic heterocycles. The van der Waals surface area contributed by atoms with Gasteiger partial charge in [0, 0.05) is 84.6 Å². The van der Waals surface area contributed by atoms with Gasteiger partial charge in [0.1, 0.15) is 0 Å². The summed E-state index contributed by atoms with van der Waals surface area (Å²) in [6, 6.07) is 9.81. The summed E-state index contributed by atoms with van der Waals surface area (Å²) in [5.74, 6) is 0. The van der Waals surface area contributed by atoms with Gasteiger partial charge in [0.05, 0.1) is 0 Å². The highest BCUT2D eigenvalue weighted by molar-refractivity contribution is 5.23. The molecule has 3 rings (SSSR count). The van der Waals surface area contributed by atoms with Gasteiger partial charge in [-0.05, 0) is 56.6 Å². The van der Waals surface area contributed by atoms with Crippen LogP contribution in [0.4, 0.5) is 0 Å². The Morgan fingerprint density at radius 2 is 1.06 bits per heavy atom. The quantitative estimate of drug-likeness (QED) is 0.310. The average molecular weight is 475 g/mol. The van der Waals surface area contributed by atoms with Crippen molar-refractivity contribution in [2.45, 2.75) is 31.8 Å². The molecule has 0 saturated carbocycles. The fourth-order valence-corrected chi connectivity index (χ4v) is 4.58. The number of rotatable bonds is 4. The Hall–Kier alpha value is -1.10. The van der Waals surface area contributed by atoms with Crippen LogP contribution in [-0.4, -0.2) is 109 Å². The molecule has 2 aliphatic rings. The van der Waals surface area contributed by atoms with Crippen LogP contribution in [0.3, 0.4) is 0 Å². The maximum Gasteiger partial charge on any atom is 0.0234 e. The first-order valence-corrected chi connectivity index (χ1v) is 13.7. The Morgan fingerprint density at radius 3 is 1.74 bits per heavy atom. The molecule has 2 saturated heterocycles. The minimum atomic E-state index is 0.465. The van der Waals surface area contributed by atoms with Crippen molar-refractivity contribution in [1.29, 1.82) is 0 Å². The molecule has 0 bridgehead atoms. The summed E-state index contributed by atoms with van der Waals surface area (Å²) in [5, 5.41) is 25.1. The number of nitrogens with one attached hydrogen (secondary N) is 7. The van der Waals surface area contributed by atoms with E-state index < -0.39 is 0 Å². The van der Waals surface area contributed by atoms with Crippen molar-refractivity contribution in [2.24, 2.45) is 0 Å². The summed E-state index contributed by atoms with van der Waals surface area (Å²) in [6.07, 6.45) is 3.44. The van der Waals surface area contributed by atoms with Crippen molar-refractivity contribution in [2.75, 3.05) is 98.2 Å². The number of hydrogen-bond acceptors (Lipinski definition) is 8. The SMILES string of the molecule is c1cc(CN2CCNCCCNCCNCC2)ccc1CC1CNCCCNCCNCCN1. The van der Waals surface area contributed by atoms with Gasteiger partial charge in [0.15, 0.2) is 0 Å². The maximum atomic E-state index is 3.75. The molecule has 1 aromatic rings. The molecule has 2 fully saturated rings. The van der Waals surface area contributed by atoms with Gasteiger partial charge in [-0.15, -0.1) is 0 Å². The van der Waals surface area contributed by atoms with Crippen molar-refractivity contribution in [3.63, 3.8) is 0 Å². The van der Waals surface area contributed by atoms with Gasteiger partial charge in [-0.25, -0.2) is 0 Å². The van der Waals surface area contributed by atoms with Crippen molar-refractivity contribution in [3.05, 3.63) is 35.4 Å². The number of nitrogens with zero attached hydrogens (tertiary/aromatic N) is 1. The Bertz CT molecular complexity index is 530. The molecule has 0 radical (unpaired) electrons. The van der Waals surface area contributed by atoms with E-state index in [1.54, 1.807) is 0 Å². The van der Waals surface area contributed by atoms with Crippen LogP contribution in [0.25, 0.3) is 0 Å². The smallest absolute Gasteiger partial charge is 0.0234 e. The van der Waals surface area contributed by atoms with Crippen molar-refractivity contribution in [1.82, 2.24) is 42.1 Å². The molecule has 1 aromatic carbocycles. The first kappa shape index (κ1) is 27.5. The fraction of sp³-hybridized carbons (Fsp3) is 0.769. The molecule has 2 heterocycles. The zero-order valence-electron chi connectivity index (χ0n) is 21.3. The van der Waals surface area contributed by atoms with Gasteiger partial charge >= 0.3 is 0 Å². The number of hydrogen-bond donors (Lipinski definition) is 7. The summed E-state index contributed by atoms with van der Waals surface area (Å²) in [7, 11) is 0. The maximum absolute atomic E-state index is 3.75. The van der Waals surface area contributed by atoms with E-state index in [0.717, 1.165) is 111 Å². The monoisotopic (exact) mass is 474 g/mol. The number of benzene rings is 1. The second-order valence-corrected chi connectivity index (χ2v) is 9.61. The Morgan fingerprint density at radius 1 is 0.559 bits per heavy atom. The minimum absolute atomic E-state index is 0.465. The Kier molecular flexibility index (Phi) is 14.7. The zero-order chi connectivity index (χ0) is 23.5. The summed E-state index contributed by atoms with van der Waals surface area (Å²) in [5.41, 5.74) is 2.83. The third-order valence-electron chi connectivity index (χ3n) is 6.62. The second kappa shape index (κ2) is 18.2. The third-order valence-corrected chi connectivity index (χ3v) is 6.62. The normalized spacial score (nSPS) is 24.4. The van der Waals surface area contributed by atoms with E-state index in [-0.39, 0.29) is 0 Å². The summed E-state index contributed by atoms with van der Waals surface area (Å²) < 4.78 is 0. The van der Waals surface area contributed by atoms with E-state index in [1.807, 2.05) is 0 Å². The van der Waals surface area contributed by atoms with E-state index in [4.69, 9.17) is 0 Å². The molecule has 1 atom stereocenters. The molecule has 194 valence electrons. The average Bonchev–Trinajstić information content (AvgIpc) is 2.89. The molecular formula is C26H50N8. The van der Waals surface area contributed by atoms with E-state index >= 15 is 0 Å². The standard InChI is InChI=1S/C26H50N8/c1-7-27-12-14-31-18-20-34(19-17-29-9-1)23-25-5-3-24(4-6-25)21-26-22-32-10-2-8-28-11-13-30-15-16-33-26/h3-6,26-33H,1-2,7-23H2. The van der Waals surface area contributed by atoms with Crippen LogP contribution >= 0.6 is 0 Å². The summed E-state index contributed by atoms with van der Waals surface area (Å²) >= 11 is 0. The summed E-state index contributed by atoms with van der Waals surface area (Å²) in [4.78, 5) is 2.57. The highest BCUT2D eigenvalue weighted by Crippen LogP contribution is 2.10. The molecular weight excluding hydrogens is 424 g/mol. The lowest BCUT2D eigenvalue weighted by Crippen LogP contribution is -2.43. The van der Waals surface area contributed by atoms with Crippen LogP contribution in [0.1, 0.15) is 24.0 Å². The molecule has 7 N–H and O–H groups in total. The Labute approximate surface area is 207 Å². The van der Waals surface area contributed by atoms with Gasteiger partial charge in [-0.2, -0.15) is 0 Å². The topological polar surface area (TPSA) is 87.5 Å². The first-order chi connectivity index (χ1) is 16.9. The lowest BCUT2D eigenvalue weighted by atomic mass is 10.0. The molecule has 0 aliphatic carbocycles. The van der Waals surface area contributed by atoms with Crippen LogP contribution < -0.4 is 37.2 Å². The predicted octanol–water partition coefficient (Wildman–Crippen LogP) is -0.666. The second-order valence-electron chi connectivity index (χ2n) is 9.61. The van der Waals surface area contributed by atoms with Crippen molar-refractivity contribution in [3.8, 4) is 0 Å². The lowest BCUT2D eigenvalue weighted by molar-refractivity contribution is 0.265. The largest absolute Gasteiger partial charge is 0.315 e.